The zero-order chi connectivity index (χ0) is 16.0. The third-order valence-corrected chi connectivity index (χ3v) is 5.32. The van der Waals surface area contributed by atoms with Gasteiger partial charge in [-0.1, -0.05) is 0 Å². The molecule has 1 aliphatic carbocycles. The van der Waals surface area contributed by atoms with Gasteiger partial charge in [-0.25, -0.2) is 4.98 Å². The number of aromatic nitrogens is 4. The molecule has 0 unspecified atom stereocenters. The molecule has 0 aliphatic heterocycles. The maximum absolute atomic E-state index is 5.87. The van der Waals surface area contributed by atoms with Crippen LogP contribution >= 0.6 is 11.3 Å². The van der Waals surface area contributed by atoms with Gasteiger partial charge in [0, 0.05) is 25.1 Å². The number of nitrogens with zero attached hydrogens (tertiary/aromatic N) is 4. The molecule has 4 rings (SSSR count). The monoisotopic (exact) mass is 329 g/mol. The number of thiazole rings is 1. The van der Waals surface area contributed by atoms with Crippen molar-refractivity contribution in [1.82, 2.24) is 19.7 Å². The number of fused-ring (bicyclic) bond motifs is 1. The number of nitrogens with two attached hydrogens (primary N) is 1. The van der Waals surface area contributed by atoms with Crippen LogP contribution in [-0.2, 0) is 13.7 Å². The first-order chi connectivity index (χ1) is 11.1. The van der Waals surface area contributed by atoms with Crippen LogP contribution in [0.15, 0.2) is 18.2 Å². The molecule has 1 fully saturated rings. The summed E-state index contributed by atoms with van der Waals surface area (Å²) in [7, 11) is 1.99. The Morgan fingerprint density at radius 2 is 2.17 bits per heavy atom. The van der Waals surface area contributed by atoms with Gasteiger partial charge in [0.05, 0.1) is 15.2 Å². The molecule has 2 N–H and O–H groups in total. The quantitative estimate of drug-likeness (QED) is 0.795. The summed E-state index contributed by atoms with van der Waals surface area (Å²) in [5.74, 6) is 3.08. The molecule has 23 heavy (non-hydrogen) atoms. The predicted octanol–water partition coefficient (Wildman–Crippen LogP) is 2.52. The molecule has 7 heteroatoms. The third-order valence-electron chi connectivity index (χ3n) is 4.37. The highest BCUT2D eigenvalue weighted by atomic mass is 32.1. The average molecular weight is 329 g/mol. The Bertz CT molecular complexity index is 849. The van der Waals surface area contributed by atoms with E-state index in [1.165, 1.54) is 4.70 Å². The molecule has 6 nitrogen and oxygen atoms in total. The zero-order valence-electron chi connectivity index (χ0n) is 13.2. The van der Waals surface area contributed by atoms with Gasteiger partial charge in [0.15, 0.2) is 5.82 Å². The van der Waals surface area contributed by atoms with Gasteiger partial charge >= 0.3 is 0 Å². The van der Waals surface area contributed by atoms with Gasteiger partial charge in [0.2, 0.25) is 0 Å². The van der Waals surface area contributed by atoms with Crippen molar-refractivity contribution in [2.45, 2.75) is 38.3 Å². The molecule has 0 bridgehead atoms. The fourth-order valence-corrected chi connectivity index (χ4v) is 3.80. The number of aryl methyl sites for hydroxylation is 1. The lowest BCUT2D eigenvalue weighted by Crippen LogP contribution is -2.36. The van der Waals surface area contributed by atoms with Crippen LogP contribution in [0.1, 0.15) is 35.4 Å². The molecule has 1 aliphatic rings. The summed E-state index contributed by atoms with van der Waals surface area (Å²) in [6.07, 6.45) is 1.99. The predicted molar refractivity (Wildman–Crippen MR) is 89.6 cm³/mol. The van der Waals surface area contributed by atoms with Crippen LogP contribution in [0.25, 0.3) is 10.2 Å². The molecule has 0 radical (unpaired) electrons. The summed E-state index contributed by atoms with van der Waals surface area (Å²) in [5, 5.41) is 9.63. The van der Waals surface area contributed by atoms with Crippen molar-refractivity contribution in [1.29, 1.82) is 0 Å². The van der Waals surface area contributed by atoms with Gasteiger partial charge in [-0.05, 0) is 31.9 Å². The topological polar surface area (TPSA) is 78.8 Å². The van der Waals surface area contributed by atoms with E-state index < -0.39 is 0 Å². The Balaban J connectivity index is 1.47. The molecule has 2 aromatic heterocycles. The maximum atomic E-state index is 5.87. The SMILES string of the molecule is Cc1nc2cc(OCc3nnc(C4CC(N)C4)n3C)ccc2s1. The Labute approximate surface area is 138 Å². The number of benzene rings is 1. The number of hydrogen-bond acceptors (Lipinski definition) is 6. The minimum absolute atomic E-state index is 0.310. The van der Waals surface area contributed by atoms with Gasteiger partial charge < -0.3 is 15.0 Å². The Hall–Kier alpha value is -1.99. The molecule has 0 spiro atoms. The summed E-state index contributed by atoms with van der Waals surface area (Å²) in [4.78, 5) is 4.49. The molecule has 0 saturated heterocycles. The molecule has 120 valence electrons. The molecule has 0 atom stereocenters. The van der Waals surface area contributed by atoms with E-state index in [9.17, 15) is 0 Å². The standard InChI is InChI=1S/C16H19N5OS/c1-9-18-13-7-12(3-4-14(13)23-9)22-8-15-19-20-16(21(15)2)10-5-11(17)6-10/h3-4,7,10-11H,5-6,8,17H2,1-2H3. The molecule has 1 saturated carbocycles. The van der Waals surface area contributed by atoms with Crippen LogP contribution in [0.4, 0.5) is 0 Å². The van der Waals surface area contributed by atoms with Gasteiger partial charge in [0.1, 0.15) is 18.2 Å². The van der Waals surface area contributed by atoms with E-state index in [2.05, 4.69) is 15.2 Å². The summed E-state index contributed by atoms with van der Waals surface area (Å²) in [5.41, 5.74) is 6.84. The van der Waals surface area contributed by atoms with E-state index in [0.29, 0.717) is 18.6 Å². The van der Waals surface area contributed by atoms with E-state index in [1.807, 2.05) is 36.7 Å². The lowest BCUT2D eigenvalue weighted by atomic mass is 9.80. The van der Waals surface area contributed by atoms with Crippen LogP contribution in [0, 0.1) is 6.92 Å². The minimum atomic E-state index is 0.310. The van der Waals surface area contributed by atoms with Crippen molar-refractivity contribution in [2.75, 3.05) is 0 Å². The maximum Gasteiger partial charge on any atom is 0.170 e. The van der Waals surface area contributed by atoms with Crippen molar-refractivity contribution in [3.05, 3.63) is 34.9 Å². The summed E-state index contributed by atoms with van der Waals surface area (Å²) >= 11 is 1.69. The second kappa shape index (κ2) is 5.58. The number of ether oxygens (including phenoxy) is 1. The van der Waals surface area contributed by atoms with Crippen LogP contribution in [0.5, 0.6) is 5.75 Å². The first kappa shape index (κ1) is 14.6. The Morgan fingerprint density at radius 1 is 1.35 bits per heavy atom. The fraction of sp³-hybridized carbons (Fsp3) is 0.438. The highest BCUT2D eigenvalue weighted by molar-refractivity contribution is 7.18. The molecule has 1 aromatic carbocycles. The number of rotatable bonds is 4. The van der Waals surface area contributed by atoms with Crippen LogP contribution in [0.3, 0.4) is 0 Å². The average Bonchev–Trinajstić information content (AvgIpc) is 3.03. The van der Waals surface area contributed by atoms with Crippen molar-refractivity contribution in [2.24, 2.45) is 12.8 Å². The highest BCUT2D eigenvalue weighted by Crippen LogP contribution is 2.34. The summed E-state index contributed by atoms with van der Waals surface area (Å²) in [6.45, 7) is 2.41. The van der Waals surface area contributed by atoms with E-state index in [0.717, 1.165) is 40.8 Å². The molecular formula is C16H19N5OS. The van der Waals surface area contributed by atoms with Gasteiger partial charge in [-0.2, -0.15) is 0 Å². The molecule has 2 heterocycles. The van der Waals surface area contributed by atoms with Crippen molar-refractivity contribution in [3.8, 4) is 5.75 Å². The van der Waals surface area contributed by atoms with Crippen molar-refractivity contribution in [3.63, 3.8) is 0 Å². The van der Waals surface area contributed by atoms with E-state index in [-0.39, 0.29) is 0 Å². The van der Waals surface area contributed by atoms with Crippen LogP contribution < -0.4 is 10.5 Å². The third kappa shape index (κ3) is 2.70. The van der Waals surface area contributed by atoms with E-state index in [4.69, 9.17) is 10.5 Å². The summed E-state index contributed by atoms with van der Waals surface area (Å²) in [6, 6.07) is 6.31. The fourth-order valence-electron chi connectivity index (χ4n) is 2.99. The lowest BCUT2D eigenvalue weighted by Gasteiger charge is -2.31. The normalized spacial score (nSPS) is 20.7. The summed E-state index contributed by atoms with van der Waals surface area (Å²) < 4.78 is 9.08. The second-order valence-electron chi connectivity index (χ2n) is 6.11. The van der Waals surface area contributed by atoms with E-state index in [1.54, 1.807) is 11.3 Å². The molecule has 0 amide bonds. The van der Waals surface area contributed by atoms with Gasteiger partial charge in [0.25, 0.3) is 0 Å². The minimum Gasteiger partial charge on any atom is -0.486 e. The van der Waals surface area contributed by atoms with E-state index >= 15 is 0 Å². The largest absolute Gasteiger partial charge is 0.486 e. The second-order valence-corrected chi connectivity index (χ2v) is 7.35. The van der Waals surface area contributed by atoms with Crippen LogP contribution in [0.2, 0.25) is 0 Å². The van der Waals surface area contributed by atoms with Crippen molar-refractivity contribution < 1.29 is 4.74 Å². The van der Waals surface area contributed by atoms with Gasteiger partial charge in [-0.3, -0.25) is 0 Å². The lowest BCUT2D eigenvalue weighted by molar-refractivity contribution is 0.288. The number of hydrogen-bond donors (Lipinski definition) is 1. The zero-order valence-corrected chi connectivity index (χ0v) is 14.0. The van der Waals surface area contributed by atoms with Crippen molar-refractivity contribution >= 4 is 21.6 Å². The Kier molecular flexibility index (Phi) is 3.54. The highest BCUT2D eigenvalue weighted by Gasteiger charge is 2.31. The first-order valence-electron chi connectivity index (χ1n) is 7.74. The smallest absolute Gasteiger partial charge is 0.170 e. The van der Waals surface area contributed by atoms with Crippen LogP contribution in [-0.4, -0.2) is 25.8 Å². The Morgan fingerprint density at radius 3 is 2.96 bits per heavy atom. The molecular weight excluding hydrogens is 310 g/mol. The molecule has 3 aromatic rings. The van der Waals surface area contributed by atoms with Gasteiger partial charge in [-0.15, -0.1) is 21.5 Å². The first-order valence-corrected chi connectivity index (χ1v) is 8.55.